The SMILES string of the molecule is CC(=O)N(C)[C@H]1CCCC[C@@H]1NC(=O)[C@@H](N)C(C)C. The maximum Gasteiger partial charge on any atom is 0.237 e. The lowest BCUT2D eigenvalue weighted by Crippen LogP contribution is -2.56. The van der Waals surface area contributed by atoms with Gasteiger partial charge in [-0.2, -0.15) is 0 Å². The molecule has 5 nitrogen and oxygen atoms in total. The van der Waals surface area contributed by atoms with Crippen molar-refractivity contribution in [3.8, 4) is 0 Å². The van der Waals surface area contributed by atoms with Gasteiger partial charge in [0.25, 0.3) is 0 Å². The Hall–Kier alpha value is -1.10. The second-order valence-corrected chi connectivity index (χ2v) is 5.87. The number of hydrogen-bond acceptors (Lipinski definition) is 3. The van der Waals surface area contributed by atoms with Crippen LogP contribution in [-0.2, 0) is 9.59 Å². The molecule has 1 fully saturated rings. The molecule has 0 radical (unpaired) electrons. The lowest BCUT2D eigenvalue weighted by molar-refractivity contribution is -0.132. The predicted molar refractivity (Wildman–Crippen MR) is 75.4 cm³/mol. The van der Waals surface area contributed by atoms with Gasteiger partial charge in [0.2, 0.25) is 11.8 Å². The van der Waals surface area contributed by atoms with E-state index in [0.717, 1.165) is 25.7 Å². The fourth-order valence-electron chi connectivity index (χ4n) is 2.56. The minimum Gasteiger partial charge on any atom is -0.350 e. The average molecular weight is 269 g/mol. The van der Waals surface area contributed by atoms with Crippen LogP contribution in [0.25, 0.3) is 0 Å². The first kappa shape index (κ1) is 16.0. The van der Waals surface area contributed by atoms with Crippen molar-refractivity contribution < 1.29 is 9.59 Å². The first-order valence-electron chi connectivity index (χ1n) is 7.14. The van der Waals surface area contributed by atoms with E-state index < -0.39 is 6.04 Å². The molecule has 2 amide bonds. The number of nitrogens with zero attached hydrogens (tertiary/aromatic N) is 1. The molecular formula is C14H27N3O2. The molecule has 5 heteroatoms. The lowest BCUT2D eigenvalue weighted by Gasteiger charge is -2.38. The molecule has 1 aliphatic carbocycles. The zero-order chi connectivity index (χ0) is 14.6. The van der Waals surface area contributed by atoms with Crippen LogP contribution in [0.2, 0.25) is 0 Å². The smallest absolute Gasteiger partial charge is 0.237 e. The van der Waals surface area contributed by atoms with E-state index in [4.69, 9.17) is 5.73 Å². The zero-order valence-corrected chi connectivity index (χ0v) is 12.5. The summed E-state index contributed by atoms with van der Waals surface area (Å²) in [5.41, 5.74) is 5.87. The summed E-state index contributed by atoms with van der Waals surface area (Å²) in [5, 5.41) is 3.03. The van der Waals surface area contributed by atoms with E-state index in [1.54, 1.807) is 18.9 Å². The molecule has 1 rings (SSSR count). The van der Waals surface area contributed by atoms with Gasteiger partial charge in [0.15, 0.2) is 0 Å². The Kier molecular flexibility index (Phi) is 5.79. The van der Waals surface area contributed by atoms with Crippen molar-refractivity contribution in [2.45, 2.75) is 64.6 Å². The molecule has 0 heterocycles. The quantitative estimate of drug-likeness (QED) is 0.795. The largest absolute Gasteiger partial charge is 0.350 e. The van der Waals surface area contributed by atoms with Crippen molar-refractivity contribution >= 4 is 11.8 Å². The van der Waals surface area contributed by atoms with E-state index in [-0.39, 0.29) is 29.8 Å². The van der Waals surface area contributed by atoms with Crippen LogP contribution < -0.4 is 11.1 Å². The van der Waals surface area contributed by atoms with Gasteiger partial charge in [-0.1, -0.05) is 26.7 Å². The summed E-state index contributed by atoms with van der Waals surface area (Å²) in [7, 11) is 1.81. The van der Waals surface area contributed by atoms with Gasteiger partial charge < -0.3 is 16.0 Å². The summed E-state index contributed by atoms with van der Waals surface area (Å²) in [4.78, 5) is 25.3. The van der Waals surface area contributed by atoms with Crippen molar-refractivity contribution in [1.29, 1.82) is 0 Å². The Morgan fingerprint density at radius 2 is 1.84 bits per heavy atom. The fraction of sp³-hybridized carbons (Fsp3) is 0.857. The van der Waals surface area contributed by atoms with Gasteiger partial charge in [0.1, 0.15) is 0 Å². The van der Waals surface area contributed by atoms with Gasteiger partial charge in [-0.3, -0.25) is 9.59 Å². The van der Waals surface area contributed by atoms with Crippen molar-refractivity contribution in [2.24, 2.45) is 11.7 Å². The third-order valence-electron chi connectivity index (χ3n) is 4.07. The van der Waals surface area contributed by atoms with E-state index in [0.29, 0.717) is 0 Å². The van der Waals surface area contributed by atoms with E-state index >= 15 is 0 Å². The van der Waals surface area contributed by atoms with Crippen LogP contribution >= 0.6 is 0 Å². The summed E-state index contributed by atoms with van der Waals surface area (Å²) in [5.74, 6) is 0.0516. The van der Waals surface area contributed by atoms with Crippen LogP contribution in [0, 0.1) is 5.92 Å². The summed E-state index contributed by atoms with van der Waals surface area (Å²) >= 11 is 0. The van der Waals surface area contributed by atoms with E-state index in [9.17, 15) is 9.59 Å². The lowest BCUT2D eigenvalue weighted by atomic mass is 9.88. The monoisotopic (exact) mass is 269 g/mol. The summed E-state index contributed by atoms with van der Waals surface area (Å²) in [6.07, 6.45) is 4.05. The van der Waals surface area contributed by atoms with Crippen LogP contribution in [0.4, 0.5) is 0 Å². The number of rotatable bonds is 4. The third kappa shape index (κ3) is 4.20. The Labute approximate surface area is 115 Å². The zero-order valence-electron chi connectivity index (χ0n) is 12.5. The fourth-order valence-corrected chi connectivity index (χ4v) is 2.56. The molecule has 0 unspecified atom stereocenters. The van der Waals surface area contributed by atoms with Crippen LogP contribution in [0.15, 0.2) is 0 Å². The molecule has 0 saturated heterocycles. The highest BCUT2D eigenvalue weighted by molar-refractivity contribution is 5.82. The highest BCUT2D eigenvalue weighted by atomic mass is 16.2. The number of carbonyl (C=O) groups is 2. The molecule has 0 aliphatic heterocycles. The number of hydrogen-bond donors (Lipinski definition) is 2. The Bertz CT molecular complexity index is 331. The highest BCUT2D eigenvalue weighted by Gasteiger charge is 2.32. The van der Waals surface area contributed by atoms with Gasteiger partial charge in [-0.05, 0) is 18.8 Å². The molecule has 110 valence electrons. The molecular weight excluding hydrogens is 242 g/mol. The van der Waals surface area contributed by atoms with Crippen LogP contribution in [-0.4, -0.2) is 41.9 Å². The average Bonchev–Trinajstić information content (AvgIpc) is 2.37. The Morgan fingerprint density at radius 1 is 1.26 bits per heavy atom. The van der Waals surface area contributed by atoms with Gasteiger partial charge in [0.05, 0.1) is 12.1 Å². The summed E-state index contributed by atoms with van der Waals surface area (Å²) < 4.78 is 0. The van der Waals surface area contributed by atoms with Crippen LogP contribution in [0.1, 0.15) is 46.5 Å². The normalized spacial score (nSPS) is 24.9. The van der Waals surface area contributed by atoms with E-state index in [1.807, 2.05) is 13.8 Å². The standard InChI is InChI=1S/C14H27N3O2/c1-9(2)13(15)14(19)16-11-7-5-6-8-12(11)17(4)10(3)18/h9,11-13H,5-8,15H2,1-4H3,(H,16,19)/t11-,12-,13-/m0/s1. The third-order valence-corrected chi connectivity index (χ3v) is 4.07. The number of carbonyl (C=O) groups excluding carboxylic acids is 2. The van der Waals surface area contributed by atoms with Crippen molar-refractivity contribution in [1.82, 2.24) is 10.2 Å². The molecule has 0 aromatic heterocycles. The molecule has 0 aromatic rings. The second kappa shape index (κ2) is 6.89. The molecule has 1 aliphatic rings. The predicted octanol–water partition coefficient (Wildman–Crippen LogP) is 0.875. The molecule has 3 atom stereocenters. The molecule has 0 aromatic carbocycles. The maximum atomic E-state index is 12.1. The Morgan fingerprint density at radius 3 is 2.37 bits per heavy atom. The van der Waals surface area contributed by atoms with E-state index in [1.165, 1.54) is 0 Å². The first-order chi connectivity index (χ1) is 8.84. The highest BCUT2D eigenvalue weighted by Crippen LogP contribution is 2.23. The van der Waals surface area contributed by atoms with E-state index in [2.05, 4.69) is 5.32 Å². The van der Waals surface area contributed by atoms with Crippen molar-refractivity contribution in [3.63, 3.8) is 0 Å². The first-order valence-corrected chi connectivity index (χ1v) is 7.14. The molecule has 19 heavy (non-hydrogen) atoms. The number of amides is 2. The second-order valence-electron chi connectivity index (χ2n) is 5.87. The molecule has 3 N–H and O–H groups in total. The maximum absolute atomic E-state index is 12.1. The minimum absolute atomic E-state index is 0.0277. The summed E-state index contributed by atoms with van der Waals surface area (Å²) in [6, 6.07) is -0.361. The Balaban J connectivity index is 2.67. The molecule has 0 spiro atoms. The minimum atomic E-state index is -0.481. The van der Waals surface area contributed by atoms with Gasteiger partial charge in [-0.25, -0.2) is 0 Å². The van der Waals surface area contributed by atoms with Gasteiger partial charge >= 0.3 is 0 Å². The van der Waals surface area contributed by atoms with Crippen molar-refractivity contribution in [3.05, 3.63) is 0 Å². The number of nitrogens with one attached hydrogen (secondary N) is 1. The molecule has 0 bridgehead atoms. The number of nitrogens with two attached hydrogens (primary N) is 1. The number of likely N-dealkylation sites (N-methyl/N-ethyl adjacent to an activating group) is 1. The van der Waals surface area contributed by atoms with Crippen LogP contribution in [0.3, 0.4) is 0 Å². The van der Waals surface area contributed by atoms with Crippen LogP contribution in [0.5, 0.6) is 0 Å². The topological polar surface area (TPSA) is 75.4 Å². The summed E-state index contributed by atoms with van der Waals surface area (Å²) in [6.45, 7) is 5.43. The molecule has 1 saturated carbocycles. The van der Waals surface area contributed by atoms with Crippen molar-refractivity contribution in [2.75, 3.05) is 7.05 Å². The van der Waals surface area contributed by atoms with Gasteiger partial charge in [-0.15, -0.1) is 0 Å². The van der Waals surface area contributed by atoms with Gasteiger partial charge in [0, 0.05) is 20.0 Å².